The highest BCUT2D eigenvalue weighted by Crippen LogP contribution is 2.30. The first-order valence-corrected chi connectivity index (χ1v) is 8.29. The fourth-order valence-corrected chi connectivity index (χ4v) is 3.67. The van der Waals surface area contributed by atoms with Gasteiger partial charge in [0.2, 0.25) is 10.0 Å². The second-order valence-corrected chi connectivity index (χ2v) is 7.22. The summed E-state index contributed by atoms with van der Waals surface area (Å²) in [4.78, 5) is 3.30. The van der Waals surface area contributed by atoms with Crippen LogP contribution in [0.4, 0.5) is 13.2 Å². The fraction of sp³-hybridized carbons (Fsp3) is 0.385. The highest BCUT2D eigenvalue weighted by Gasteiger charge is 2.39. The predicted molar refractivity (Wildman–Crippen MR) is 75.6 cm³/mol. The molecule has 11 heteroatoms. The van der Waals surface area contributed by atoms with Crippen molar-refractivity contribution in [2.75, 3.05) is 13.1 Å². The molecule has 0 unspecified atom stereocenters. The van der Waals surface area contributed by atoms with Crippen molar-refractivity contribution in [3.8, 4) is 5.75 Å². The molecule has 130 valence electrons. The average Bonchev–Trinajstić information content (AvgIpc) is 2.89. The first-order chi connectivity index (χ1) is 11.2. The van der Waals surface area contributed by atoms with Crippen molar-refractivity contribution >= 4 is 10.0 Å². The van der Waals surface area contributed by atoms with Crippen LogP contribution in [0.2, 0.25) is 0 Å². The maximum absolute atomic E-state index is 12.6. The van der Waals surface area contributed by atoms with Crippen molar-refractivity contribution < 1.29 is 26.3 Å². The number of nitrogens with zero attached hydrogens (tertiary/aromatic N) is 4. The molecule has 3 rings (SSSR count). The van der Waals surface area contributed by atoms with Crippen LogP contribution in [0.25, 0.3) is 0 Å². The molecule has 24 heavy (non-hydrogen) atoms. The SMILES string of the molecule is Cn1cc(S(=O)(=O)N2CC(Oc3ccnc(C(F)(F)F)c3)C2)cn1. The highest BCUT2D eigenvalue weighted by atomic mass is 32.2. The van der Waals surface area contributed by atoms with Gasteiger partial charge in [0.1, 0.15) is 22.4 Å². The van der Waals surface area contributed by atoms with E-state index in [-0.39, 0.29) is 23.7 Å². The Bertz CT molecular complexity index is 844. The Labute approximate surface area is 135 Å². The van der Waals surface area contributed by atoms with Crippen LogP contribution in [0.5, 0.6) is 5.75 Å². The van der Waals surface area contributed by atoms with Gasteiger partial charge in [0.05, 0.1) is 19.3 Å². The molecule has 0 aromatic carbocycles. The van der Waals surface area contributed by atoms with Crippen LogP contribution in [0.15, 0.2) is 35.6 Å². The van der Waals surface area contributed by atoms with Crippen LogP contribution in [0.3, 0.4) is 0 Å². The summed E-state index contributed by atoms with van der Waals surface area (Å²) >= 11 is 0. The van der Waals surface area contributed by atoms with Crippen molar-refractivity contribution in [3.63, 3.8) is 0 Å². The molecule has 1 aliphatic heterocycles. The third kappa shape index (κ3) is 3.22. The monoisotopic (exact) mass is 362 g/mol. The first kappa shape index (κ1) is 16.7. The molecule has 1 aliphatic rings. The minimum atomic E-state index is -4.56. The van der Waals surface area contributed by atoms with Crippen LogP contribution < -0.4 is 4.74 Å². The van der Waals surface area contributed by atoms with E-state index in [1.54, 1.807) is 7.05 Å². The van der Waals surface area contributed by atoms with E-state index < -0.39 is 28.0 Å². The van der Waals surface area contributed by atoms with Gasteiger partial charge in [-0.1, -0.05) is 0 Å². The van der Waals surface area contributed by atoms with Crippen molar-refractivity contribution in [2.24, 2.45) is 7.05 Å². The van der Waals surface area contributed by atoms with E-state index in [4.69, 9.17) is 4.74 Å². The molecule has 0 bridgehead atoms. The molecule has 1 fully saturated rings. The number of halogens is 3. The summed E-state index contributed by atoms with van der Waals surface area (Å²) in [5.41, 5.74) is -1.06. The van der Waals surface area contributed by atoms with Gasteiger partial charge in [0.25, 0.3) is 0 Å². The number of ether oxygens (including phenoxy) is 1. The van der Waals surface area contributed by atoms with Gasteiger partial charge in [0, 0.05) is 25.5 Å². The summed E-state index contributed by atoms with van der Waals surface area (Å²) in [5, 5.41) is 3.81. The molecule has 2 aromatic heterocycles. The Balaban J connectivity index is 1.64. The van der Waals surface area contributed by atoms with E-state index in [0.29, 0.717) is 0 Å². The number of hydrogen-bond donors (Lipinski definition) is 0. The number of sulfonamides is 1. The zero-order valence-electron chi connectivity index (χ0n) is 12.4. The zero-order chi connectivity index (χ0) is 17.5. The number of alkyl halides is 3. The molecule has 1 saturated heterocycles. The summed E-state index contributed by atoms with van der Waals surface area (Å²) < 4.78 is 70.3. The Hall–Kier alpha value is -2.14. The topological polar surface area (TPSA) is 77.3 Å². The van der Waals surface area contributed by atoms with Gasteiger partial charge >= 0.3 is 6.18 Å². The van der Waals surface area contributed by atoms with Gasteiger partial charge in [-0.25, -0.2) is 8.42 Å². The number of rotatable bonds is 4. The van der Waals surface area contributed by atoms with Gasteiger partial charge in [0.15, 0.2) is 0 Å². The molecule has 7 nitrogen and oxygen atoms in total. The summed E-state index contributed by atoms with van der Waals surface area (Å²) in [6.07, 6.45) is -1.46. The lowest BCUT2D eigenvalue weighted by Crippen LogP contribution is -2.55. The Morgan fingerprint density at radius 3 is 2.62 bits per heavy atom. The Morgan fingerprint density at radius 2 is 2.04 bits per heavy atom. The summed E-state index contributed by atoms with van der Waals surface area (Å²) in [6, 6.07) is 2.09. The van der Waals surface area contributed by atoms with Crippen LogP contribution in [0.1, 0.15) is 5.69 Å². The Kier molecular flexibility index (Phi) is 4.00. The summed E-state index contributed by atoms with van der Waals surface area (Å²) in [6.45, 7) is 0.113. The standard InChI is InChI=1S/C13H13F3N4O3S/c1-19-8-11(5-18-19)24(21,22)20-6-10(7-20)23-9-2-3-17-12(4-9)13(14,15)16/h2-5,8,10H,6-7H2,1H3. The van der Waals surface area contributed by atoms with Crippen LogP contribution in [-0.4, -0.2) is 46.7 Å². The molecule has 0 aliphatic carbocycles. The van der Waals surface area contributed by atoms with Crippen LogP contribution >= 0.6 is 0 Å². The molecular formula is C13H13F3N4O3S. The molecule has 0 atom stereocenters. The number of hydrogen-bond acceptors (Lipinski definition) is 5. The number of pyridine rings is 1. The quantitative estimate of drug-likeness (QED) is 0.819. The zero-order valence-corrected chi connectivity index (χ0v) is 13.3. The minimum Gasteiger partial charge on any atom is -0.488 e. The molecule has 3 heterocycles. The Morgan fingerprint density at radius 1 is 1.33 bits per heavy atom. The van der Waals surface area contributed by atoms with Gasteiger partial charge in [-0.2, -0.15) is 22.6 Å². The van der Waals surface area contributed by atoms with Crippen LogP contribution in [0, 0.1) is 0 Å². The maximum atomic E-state index is 12.6. The smallest absolute Gasteiger partial charge is 0.433 e. The lowest BCUT2D eigenvalue weighted by Gasteiger charge is -2.37. The highest BCUT2D eigenvalue weighted by molar-refractivity contribution is 7.89. The van der Waals surface area contributed by atoms with Crippen LogP contribution in [-0.2, 0) is 23.2 Å². The third-order valence-corrected chi connectivity index (χ3v) is 5.24. The largest absolute Gasteiger partial charge is 0.488 e. The fourth-order valence-electron chi connectivity index (χ4n) is 2.18. The lowest BCUT2D eigenvalue weighted by molar-refractivity contribution is -0.141. The van der Waals surface area contributed by atoms with Crippen molar-refractivity contribution in [1.29, 1.82) is 0 Å². The van der Waals surface area contributed by atoms with Gasteiger partial charge < -0.3 is 4.74 Å². The molecule has 2 aromatic rings. The molecule has 0 amide bonds. The van der Waals surface area contributed by atoms with E-state index in [1.807, 2.05) is 0 Å². The third-order valence-electron chi connectivity index (χ3n) is 3.46. The molecule has 0 saturated carbocycles. The predicted octanol–water partition coefficient (Wildman–Crippen LogP) is 1.29. The van der Waals surface area contributed by atoms with Crippen molar-refractivity contribution in [1.82, 2.24) is 19.1 Å². The molecule has 0 spiro atoms. The van der Waals surface area contributed by atoms with Crippen molar-refractivity contribution in [2.45, 2.75) is 17.2 Å². The summed E-state index contributed by atoms with van der Waals surface area (Å²) in [7, 11) is -2.06. The summed E-state index contributed by atoms with van der Waals surface area (Å²) in [5.74, 6) is 0.000695. The lowest BCUT2D eigenvalue weighted by atomic mass is 10.2. The average molecular weight is 362 g/mol. The van der Waals surface area contributed by atoms with Gasteiger partial charge in [-0.05, 0) is 6.07 Å². The van der Waals surface area contributed by atoms with E-state index >= 15 is 0 Å². The maximum Gasteiger partial charge on any atom is 0.433 e. The van der Waals surface area contributed by atoms with E-state index in [2.05, 4.69) is 10.1 Å². The first-order valence-electron chi connectivity index (χ1n) is 6.85. The van der Waals surface area contributed by atoms with Gasteiger partial charge in [-0.15, -0.1) is 0 Å². The minimum absolute atomic E-state index is 0.000695. The van der Waals surface area contributed by atoms with Gasteiger partial charge in [-0.3, -0.25) is 9.67 Å². The van der Waals surface area contributed by atoms with E-state index in [1.165, 1.54) is 27.4 Å². The van der Waals surface area contributed by atoms with E-state index in [9.17, 15) is 21.6 Å². The number of aromatic nitrogens is 3. The molecule has 0 radical (unpaired) electrons. The molecular weight excluding hydrogens is 349 g/mol. The second-order valence-electron chi connectivity index (χ2n) is 5.29. The second kappa shape index (κ2) is 5.74. The molecule has 0 N–H and O–H groups in total. The van der Waals surface area contributed by atoms with Crippen molar-refractivity contribution in [3.05, 3.63) is 36.4 Å². The normalized spacial score (nSPS) is 16.8. The number of aryl methyl sites for hydroxylation is 1. The van der Waals surface area contributed by atoms with E-state index in [0.717, 1.165) is 12.3 Å².